The molecule has 5 rings (SSSR count). The molecule has 6 nitrogen and oxygen atoms in total. The first-order valence-electron chi connectivity index (χ1n) is 7.79. The van der Waals surface area contributed by atoms with Crippen molar-refractivity contribution in [3.63, 3.8) is 0 Å². The molecule has 2 bridgehead atoms. The van der Waals surface area contributed by atoms with E-state index < -0.39 is 29.3 Å². The van der Waals surface area contributed by atoms with E-state index in [0.717, 1.165) is 0 Å². The van der Waals surface area contributed by atoms with Gasteiger partial charge in [-0.25, -0.2) is 0 Å². The molecule has 1 saturated heterocycles. The van der Waals surface area contributed by atoms with E-state index >= 15 is 0 Å². The van der Waals surface area contributed by atoms with Crippen molar-refractivity contribution in [2.45, 2.75) is 35.7 Å². The summed E-state index contributed by atoms with van der Waals surface area (Å²) in [5, 5.41) is 32.1. The quantitative estimate of drug-likeness (QED) is 0.582. The van der Waals surface area contributed by atoms with Crippen molar-refractivity contribution < 1.29 is 24.9 Å². The summed E-state index contributed by atoms with van der Waals surface area (Å²) in [6, 6.07) is 2.33. The minimum atomic E-state index is -1.45. The number of piperidine rings is 1. The van der Waals surface area contributed by atoms with Crippen molar-refractivity contribution in [1.82, 2.24) is 4.90 Å². The number of carbonyl (C=O) groups is 1. The zero-order chi connectivity index (χ0) is 16.1. The van der Waals surface area contributed by atoms with Crippen molar-refractivity contribution in [3.8, 4) is 11.5 Å². The molecule has 2 aliphatic heterocycles. The van der Waals surface area contributed by atoms with Crippen LogP contribution in [0.2, 0.25) is 0 Å². The smallest absolute Gasteiger partial charge is 0.183 e. The maximum absolute atomic E-state index is 13.0. The molecule has 0 amide bonds. The maximum atomic E-state index is 13.0. The number of benzene rings is 1. The molecule has 0 unspecified atom stereocenters. The Morgan fingerprint density at radius 2 is 2.17 bits per heavy atom. The minimum Gasteiger partial charge on any atom is -0.504 e. The second kappa shape index (κ2) is 3.77. The highest BCUT2D eigenvalue weighted by Gasteiger charge is 2.73. The number of Topliss-reactive ketones (excluding diaryl/α,β-unsaturated/α-hetero) is 1. The van der Waals surface area contributed by atoms with Crippen molar-refractivity contribution in [2.24, 2.45) is 0 Å². The van der Waals surface area contributed by atoms with Crippen LogP contribution in [0.4, 0.5) is 0 Å². The number of likely N-dealkylation sites (N-methyl/N-ethyl adjacent to an activating group) is 1. The van der Waals surface area contributed by atoms with Crippen LogP contribution < -0.4 is 4.74 Å². The van der Waals surface area contributed by atoms with E-state index in [2.05, 4.69) is 0 Å². The molecule has 1 spiro atoms. The number of nitrogens with zero attached hydrogens (tertiary/aromatic N) is 1. The van der Waals surface area contributed by atoms with Crippen LogP contribution in [0.1, 0.15) is 22.3 Å². The highest BCUT2D eigenvalue weighted by Crippen LogP contribution is 2.63. The van der Waals surface area contributed by atoms with E-state index in [1.54, 1.807) is 12.1 Å². The van der Waals surface area contributed by atoms with Gasteiger partial charge in [-0.05, 0) is 32.1 Å². The van der Waals surface area contributed by atoms with E-state index in [0.29, 0.717) is 24.1 Å². The van der Waals surface area contributed by atoms with E-state index in [1.165, 1.54) is 12.1 Å². The first kappa shape index (κ1) is 13.5. The second-order valence-electron chi connectivity index (χ2n) is 7.02. The third-order valence-corrected chi connectivity index (χ3v) is 6.12. The van der Waals surface area contributed by atoms with Crippen LogP contribution in [0.15, 0.2) is 24.3 Å². The third-order valence-electron chi connectivity index (χ3n) is 6.12. The lowest BCUT2D eigenvalue weighted by Gasteiger charge is -2.60. The molecule has 4 aliphatic rings. The summed E-state index contributed by atoms with van der Waals surface area (Å²) in [6.45, 7) is 0.605. The first-order chi connectivity index (χ1) is 10.9. The number of likely N-dealkylation sites (tertiary alicyclic amines) is 1. The summed E-state index contributed by atoms with van der Waals surface area (Å²) >= 11 is 0. The summed E-state index contributed by atoms with van der Waals surface area (Å²) < 4.78 is 5.89. The summed E-state index contributed by atoms with van der Waals surface area (Å²) in [5.41, 5.74) is -1.32. The average molecular weight is 315 g/mol. The van der Waals surface area contributed by atoms with Crippen LogP contribution in [0.25, 0.3) is 0 Å². The fraction of sp³-hybridized carbons (Fsp3) is 0.471. The molecule has 0 saturated carbocycles. The lowest BCUT2D eigenvalue weighted by atomic mass is 9.50. The molecule has 0 aromatic heterocycles. The maximum Gasteiger partial charge on any atom is 0.183 e. The number of aliphatic hydroxyl groups is 2. The Morgan fingerprint density at radius 3 is 2.96 bits per heavy atom. The SMILES string of the molecule is CN1CC[C@]23c4c5ccc(O)c4O[C@H]2[C@@H](O)C=C[C@@]3(O)[C@H]1C5=O. The van der Waals surface area contributed by atoms with Crippen LogP contribution in [-0.4, -0.2) is 63.4 Å². The summed E-state index contributed by atoms with van der Waals surface area (Å²) in [4.78, 5) is 14.9. The number of ether oxygens (including phenoxy) is 1. The Labute approximate surface area is 132 Å². The molecule has 2 heterocycles. The Morgan fingerprint density at radius 1 is 1.39 bits per heavy atom. The Bertz CT molecular complexity index is 789. The Balaban J connectivity index is 1.94. The molecule has 120 valence electrons. The van der Waals surface area contributed by atoms with Crippen LogP contribution in [-0.2, 0) is 5.41 Å². The van der Waals surface area contributed by atoms with Gasteiger partial charge in [0.2, 0.25) is 0 Å². The van der Waals surface area contributed by atoms with Gasteiger partial charge in [-0.15, -0.1) is 0 Å². The number of carbonyl (C=O) groups excluding carboxylic acids is 1. The van der Waals surface area contributed by atoms with Crippen molar-refractivity contribution in [3.05, 3.63) is 35.4 Å². The lowest BCUT2D eigenvalue weighted by Crippen LogP contribution is -2.76. The standard InChI is InChI=1S/C17H17NO5/c1-18-7-6-16-11-8-2-3-9(19)13(11)23-15(16)10(20)4-5-17(16,22)14(18)12(8)21/h2-5,10,14-15,19-20,22H,6-7H2,1H3/t10-,14+,15-,16-,17+/m0/s1. The van der Waals surface area contributed by atoms with Crippen molar-refractivity contribution in [2.75, 3.05) is 13.6 Å². The summed E-state index contributed by atoms with van der Waals surface area (Å²) in [5.74, 6) is -0.0101. The van der Waals surface area contributed by atoms with Gasteiger partial charge in [-0.1, -0.05) is 12.2 Å². The van der Waals surface area contributed by atoms with Gasteiger partial charge in [-0.2, -0.15) is 0 Å². The van der Waals surface area contributed by atoms with Gasteiger partial charge in [0.15, 0.2) is 17.3 Å². The number of hydrogen-bond acceptors (Lipinski definition) is 6. The van der Waals surface area contributed by atoms with Crippen LogP contribution >= 0.6 is 0 Å². The fourth-order valence-corrected chi connectivity index (χ4v) is 5.16. The summed E-state index contributed by atoms with van der Waals surface area (Å²) in [7, 11) is 1.82. The van der Waals surface area contributed by atoms with Crippen LogP contribution in [0.5, 0.6) is 11.5 Å². The highest BCUT2D eigenvalue weighted by molar-refractivity contribution is 6.06. The molecule has 1 aromatic carbocycles. The molecule has 3 N–H and O–H groups in total. The molecule has 6 heteroatoms. The lowest BCUT2D eigenvalue weighted by molar-refractivity contribution is -0.138. The number of aliphatic hydroxyl groups excluding tert-OH is 1. The van der Waals surface area contributed by atoms with Crippen LogP contribution in [0.3, 0.4) is 0 Å². The minimum absolute atomic E-state index is 0.0627. The third kappa shape index (κ3) is 1.20. The van der Waals surface area contributed by atoms with Crippen molar-refractivity contribution >= 4 is 5.78 Å². The number of phenols is 1. The van der Waals surface area contributed by atoms with E-state index in [4.69, 9.17) is 4.74 Å². The number of rotatable bonds is 0. The second-order valence-corrected chi connectivity index (χ2v) is 7.02. The number of hydrogen-bond donors (Lipinski definition) is 3. The van der Waals surface area contributed by atoms with E-state index in [9.17, 15) is 20.1 Å². The van der Waals surface area contributed by atoms with Crippen LogP contribution in [0, 0.1) is 0 Å². The Kier molecular flexibility index (Phi) is 2.22. The van der Waals surface area contributed by atoms with Gasteiger partial charge in [0.1, 0.15) is 23.9 Å². The van der Waals surface area contributed by atoms with Gasteiger partial charge >= 0.3 is 0 Å². The fourth-order valence-electron chi connectivity index (χ4n) is 5.16. The normalized spacial score (nSPS) is 43.3. The molecule has 2 aliphatic carbocycles. The molecule has 0 radical (unpaired) electrons. The zero-order valence-corrected chi connectivity index (χ0v) is 12.6. The molecule has 1 aromatic rings. The Hall–Kier alpha value is -1.89. The highest BCUT2D eigenvalue weighted by atomic mass is 16.5. The molecule has 1 fully saturated rings. The molecular formula is C17H17NO5. The van der Waals surface area contributed by atoms with Gasteiger partial charge in [0.05, 0.1) is 5.41 Å². The molecule has 23 heavy (non-hydrogen) atoms. The monoisotopic (exact) mass is 315 g/mol. The number of ketones is 1. The van der Waals surface area contributed by atoms with Gasteiger partial charge in [-0.3, -0.25) is 9.69 Å². The van der Waals surface area contributed by atoms with Gasteiger partial charge in [0.25, 0.3) is 0 Å². The van der Waals surface area contributed by atoms with Gasteiger partial charge < -0.3 is 20.1 Å². The van der Waals surface area contributed by atoms with Gasteiger partial charge in [0, 0.05) is 11.1 Å². The molecule has 5 atom stereocenters. The topological polar surface area (TPSA) is 90.2 Å². The largest absolute Gasteiger partial charge is 0.504 e. The summed E-state index contributed by atoms with van der Waals surface area (Å²) in [6.07, 6.45) is 1.99. The van der Waals surface area contributed by atoms with E-state index in [1.807, 2.05) is 11.9 Å². The first-order valence-corrected chi connectivity index (χ1v) is 7.79. The average Bonchev–Trinajstić information content (AvgIpc) is 2.86. The number of aromatic hydroxyl groups is 1. The predicted octanol–water partition coefficient (Wildman–Crippen LogP) is -0.0468. The van der Waals surface area contributed by atoms with E-state index in [-0.39, 0.29) is 17.3 Å². The number of phenolic OH excluding ortho intramolecular Hbond substituents is 1. The molecular weight excluding hydrogens is 298 g/mol. The predicted molar refractivity (Wildman–Crippen MR) is 79.7 cm³/mol. The zero-order valence-electron chi connectivity index (χ0n) is 12.6. The van der Waals surface area contributed by atoms with Crippen molar-refractivity contribution in [1.29, 1.82) is 0 Å².